The number of aliphatic imine (C=N–C) groups is 1. The first kappa shape index (κ1) is 17.6. The number of piperazine rings is 1. The Morgan fingerprint density at radius 2 is 1.92 bits per heavy atom. The molecular formula is C20H21N5O. The highest BCUT2D eigenvalue weighted by Gasteiger charge is 2.19. The molecule has 0 atom stereocenters. The molecule has 1 fully saturated rings. The summed E-state index contributed by atoms with van der Waals surface area (Å²) in [5, 5.41) is 12.1. The van der Waals surface area contributed by atoms with Crippen LogP contribution in [0.25, 0.3) is 0 Å². The predicted molar refractivity (Wildman–Crippen MR) is 103 cm³/mol. The van der Waals surface area contributed by atoms with E-state index in [9.17, 15) is 10.1 Å². The fourth-order valence-electron chi connectivity index (χ4n) is 2.76. The molecule has 0 aliphatic carbocycles. The van der Waals surface area contributed by atoms with Crippen LogP contribution >= 0.6 is 0 Å². The third-order valence-electron chi connectivity index (χ3n) is 4.32. The van der Waals surface area contributed by atoms with Crippen molar-refractivity contribution in [2.24, 2.45) is 4.99 Å². The number of rotatable bonds is 3. The molecule has 6 heteroatoms. The largest absolute Gasteiger partial charge is 0.361 e. The number of nitrogens with one attached hydrogen (secondary N) is 1. The summed E-state index contributed by atoms with van der Waals surface area (Å²) in [4.78, 5) is 21.8. The number of anilines is 1. The van der Waals surface area contributed by atoms with Gasteiger partial charge in [0.15, 0.2) is 0 Å². The van der Waals surface area contributed by atoms with Gasteiger partial charge in [-0.05, 0) is 37.4 Å². The standard InChI is InChI=1S/C20H21N5O/c1-24-10-11-25(2)19(14-24)23-18-9-8-15(13-21)12-17(18)20(26)22-16-6-4-3-5-7-16/h3-9,12H,10-11,14H2,1-2H3,(H,22,26)/b23-19+. The molecule has 1 N–H and O–H groups in total. The van der Waals surface area contributed by atoms with Gasteiger partial charge in [-0.15, -0.1) is 0 Å². The predicted octanol–water partition coefficient (Wildman–Crippen LogP) is 2.72. The zero-order valence-electron chi connectivity index (χ0n) is 14.9. The van der Waals surface area contributed by atoms with E-state index in [0.29, 0.717) is 22.5 Å². The second kappa shape index (κ2) is 7.81. The van der Waals surface area contributed by atoms with Crippen LogP contribution in [0, 0.1) is 11.3 Å². The van der Waals surface area contributed by atoms with Gasteiger partial charge in [-0.3, -0.25) is 9.69 Å². The van der Waals surface area contributed by atoms with Crippen LogP contribution in [0.1, 0.15) is 15.9 Å². The molecule has 0 saturated carbocycles. The molecule has 2 aromatic carbocycles. The number of nitrogens with zero attached hydrogens (tertiary/aromatic N) is 4. The van der Waals surface area contributed by atoms with Gasteiger partial charge in [0.05, 0.1) is 29.4 Å². The Morgan fingerprint density at radius 3 is 2.65 bits per heavy atom. The third-order valence-corrected chi connectivity index (χ3v) is 4.32. The topological polar surface area (TPSA) is 71.7 Å². The number of carbonyl (C=O) groups is 1. The first-order valence-corrected chi connectivity index (χ1v) is 8.44. The van der Waals surface area contributed by atoms with E-state index < -0.39 is 0 Å². The van der Waals surface area contributed by atoms with Gasteiger partial charge in [0.25, 0.3) is 5.91 Å². The number of para-hydroxylation sites is 1. The van der Waals surface area contributed by atoms with Crippen molar-refractivity contribution in [3.63, 3.8) is 0 Å². The molecule has 0 spiro atoms. The molecule has 26 heavy (non-hydrogen) atoms. The number of hydrogen-bond donors (Lipinski definition) is 1. The van der Waals surface area contributed by atoms with Gasteiger partial charge in [-0.2, -0.15) is 5.26 Å². The molecule has 0 aromatic heterocycles. The Labute approximate surface area is 153 Å². The van der Waals surface area contributed by atoms with E-state index in [1.807, 2.05) is 44.4 Å². The number of carbonyl (C=O) groups excluding carboxylic acids is 1. The van der Waals surface area contributed by atoms with Crippen molar-refractivity contribution in [3.8, 4) is 6.07 Å². The lowest BCUT2D eigenvalue weighted by Gasteiger charge is -2.32. The summed E-state index contributed by atoms with van der Waals surface area (Å²) in [6.45, 7) is 2.58. The maximum absolute atomic E-state index is 12.8. The van der Waals surface area contributed by atoms with Crippen molar-refractivity contribution in [1.29, 1.82) is 5.26 Å². The summed E-state index contributed by atoms with van der Waals surface area (Å²) in [6, 6.07) is 16.3. The average molecular weight is 347 g/mol. The van der Waals surface area contributed by atoms with E-state index in [1.165, 1.54) is 0 Å². The fraction of sp³-hybridized carbons (Fsp3) is 0.250. The van der Waals surface area contributed by atoms with Crippen molar-refractivity contribution in [3.05, 3.63) is 59.7 Å². The van der Waals surface area contributed by atoms with Crippen LogP contribution in [-0.4, -0.2) is 55.3 Å². The van der Waals surface area contributed by atoms with Crippen LogP contribution in [0.15, 0.2) is 53.5 Å². The Kier molecular flexibility index (Phi) is 5.30. The zero-order chi connectivity index (χ0) is 18.5. The molecular weight excluding hydrogens is 326 g/mol. The van der Waals surface area contributed by atoms with Crippen molar-refractivity contribution >= 4 is 23.1 Å². The quantitative estimate of drug-likeness (QED) is 0.927. The highest BCUT2D eigenvalue weighted by Crippen LogP contribution is 2.23. The van der Waals surface area contributed by atoms with Crippen molar-refractivity contribution in [1.82, 2.24) is 9.80 Å². The van der Waals surface area contributed by atoms with E-state index >= 15 is 0 Å². The second-order valence-electron chi connectivity index (χ2n) is 6.35. The molecule has 1 saturated heterocycles. The van der Waals surface area contributed by atoms with Crippen LogP contribution in [-0.2, 0) is 0 Å². The van der Waals surface area contributed by atoms with Gasteiger partial charge in [-0.25, -0.2) is 4.99 Å². The summed E-state index contributed by atoms with van der Waals surface area (Å²) >= 11 is 0. The van der Waals surface area contributed by atoms with Crippen LogP contribution in [0.5, 0.6) is 0 Å². The fourth-order valence-corrected chi connectivity index (χ4v) is 2.76. The molecule has 0 unspecified atom stereocenters. The Hall–Kier alpha value is -3.17. The molecule has 0 bridgehead atoms. The van der Waals surface area contributed by atoms with E-state index in [0.717, 1.165) is 25.5 Å². The van der Waals surface area contributed by atoms with Gasteiger partial charge >= 0.3 is 0 Å². The van der Waals surface area contributed by atoms with Crippen molar-refractivity contribution in [2.75, 3.05) is 39.0 Å². The normalized spacial score (nSPS) is 16.3. The molecule has 1 aliphatic heterocycles. The van der Waals surface area contributed by atoms with Crippen LogP contribution in [0.2, 0.25) is 0 Å². The number of amides is 1. The average Bonchev–Trinajstić information content (AvgIpc) is 2.65. The second-order valence-corrected chi connectivity index (χ2v) is 6.35. The van der Waals surface area contributed by atoms with Gasteiger partial charge in [0.2, 0.25) is 0 Å². The lowest BCUT2D eigenvalue weighted by molar-refractivity contribution is 0.102. The SMILES string of the molecule is CN1CCN(C)/C(=N/c2ccc(C#N)cc2C(=O)Nc2ccccc2)C1. The maximum Gasteiger partial charge on any atom is 0.257 e. The molecule has 6 nitrogen and oxygen atoms in total. The molecule has 2 aromatic rings. The molecule has 1 amide bonds. The number of benzene rings is 2. The van der Waals surface area contributed by atoms with Crippen LogP contribution in [0.4, 0.5) is 11.4 Å². The molecule has 1 heterocycles. The van der Waals surface area contributed by atoms with Gasteiger partial charge < -0.3 is 10.2 Å². The Morgan fingerprint density at radius 1 is 1.15 bits per heavy atom. The van der Waals surface area contributed by atoms with E-state index in [-0.39, 0.29) is 5.91 Å². The van der Waals surface area contributed by atoms with E-state index in [2.05, 4.69) is 21.2 Å². The Bertz CT molecular complexity index is 870. The lowest BCUT2D eigenvalue weighted by atomic mass is 10.1. The lowest BCUT2D eigenvalue weighted by Crippen LogP contribution is -2.46. The van der Waals surface area contributed by atoms with Crippen LogP contribution < -0.4 is 5.32 Å². The number of hydrogen-bond acceptors (Lipinski definition) is 4. The Balaban J connectivity index is 1.95. The number of likely N-dealkylation sites (N-methyl/N-ethyl adjacent to an activating group) is 2. The third kappa shape index (κ3) is 4.08. The summed E-state index contributed by atoms with van der Waals surface area (Å²) < 4.78 is 0. The molecule has 3 rings (SSSR count). The highest BCUT2D eigenvalue weighted by molar-refractivity contribution is 6.08. The molecule has 132 valence electrons. The summed E-state index contributed by atoms with van der Waals surface area (Å²) in [5.74, 6) is 0.622. The van der Waals surface area contributed by atoms with Crippen LogP contribution in [0.3, 0.4) is 0 Å². The number of nitriles is 1. The highest BCUT2D eigenvalue weighted by atomic mass is 16.1. The minimum Gasteiger partial charge on any atom is -0.361 e. The monoisotopic (exact) mass is 347 g/mol. The minimum absolute atomic E-state index is 0.278. The zero-order valence-corrected chi connectivity index (χ0v) is 14.9. The molecule has 1 aliphatic rings. The molecule has 0 radical (unpaired) electrons. The minimum atomic E-state index is -0.278. The van der Waals surface area contributed by atoms with Gasteiger partial charge in [0, 0.05) is 25.8 Å². The summed E-state index contributed by atoms with van der Waals surface area (Å²) in [5.41, 5.74) is 2.09. The summed E-state index contributed by atoms with van der Waals surface area (Å²) in [7, 11) is 4.05. The van der Waals surface area contributed by atoms with Crippen molar-refractivity contribution in [2.45, 2.75) is 0 Å². The smallest absolute Gasteiger partial charge is 0.257 e. The number of amidine groups is 1. The first-order valence-electron chi connectivity index (χ1n) is 8.44. The summed E-state index contributed by atoms with van der Waals surface area (Å²) in [6.07, 6.45) is 0. The maximum atomic E-state index is 12.8. The van der Waals surface area contributed by atoms with Gasteiger partial charge in [0.1, 0.15) is 5.84 Å². The first-order chi connectivity index (χ1) is 12.6. The van der Waals surface area contributed by atoms with E-state index in [1.54, 1.807) is 18.2 Å². The van der Waals surface area contributed by atoms with Gasteiger partial charge in [-0.1, -0.05) is 18.2 Å². The van der Waals surface area contributed by atoms with Crippen molar-refractivity contribution < 1.29 is 4.79 Å². The van der Waals surface area contributed by atoms with E-state index in [4.69, 9.17) is 4.99 Å².